The molecule has 0 radical (unpaired) electrons. The van der Waals surface area contributed by atoms with Gasteiger partial charge < -0.3 is 14.4 Å². The molecule has 0 fully saturated rings. The number of pyridine rings is 1. The van der Waals surface area contributed by atoms with Crippen LogP contribution in [0.15, 0.2) is 83.8 Å². The molecular formula is C34H35ClN2O3S. The molecule has 0 aliphatic carbocycles. The molecule has 5 aromatic rings. The minimum Gasteiger partial charge on any atom is -0.487 e. The maximum Gasteiger partial charge on any atom is 0.309 e. The number of halogens is 1. The van der Waals surface area contributed by atoms with E-state index in [2.05, 4.69) is 35.8 Å². The number of hydrogen-bond acceptors (Lipinski definition) is 4. The Morgan fingerprint density at radius 1 is 1.05 bits per heavy atom. The highest BCUT2D eigenvalue weighted by atomic mass is 35.5. The summed E-state index contributed by atoms with van der Waals surface area (Å²) in [7, 11) is 0. The van der Waals surface area contributed by atoms with Gasteiger partial charge in [-0.25, -0.2) is 4.98 Å². The number of carboxylic acids is 1. The van der Waals surface area contributed by atoms with E-state index in [9.17, 15) is 9.90 Å². The van der Waals surface area contributed by atoms with E-state index in [1.807, 2.05) is 66.4 Å². The fourth-order valence-electron chi connectivity index (χ4n) is 4.89. The summed E-state index contributed by atoms with van der Waals surface area (Å²) in [4.78, 5) is 18.1. The number of thioether (sulfide) groups is 1. The number of unbranched alkanes of at least 4 members (excludes halogenated alkanes) is 1. The van der Waals surface area contributed by atoms with E-state index >= 15 is 0 Å². The van der Waals surface area contributed by atoms with Crippen molar-refractivity contribution < 1.29 is 14.6 Å². The molecule has 41 heavy (non-hydrogen) atoms. The first-order chi connectivity index (χ1) is 19.7. The van der Waals surface area contributed by atoms with Gasteiger partial charge in [0, 0.05) is 44.9 Å². The Morgan fingerprint density at radius 2 is 1.83 bits per heavy atom. The minimum absolute atomic E-state index is 0.360. The number of aliphatic carboxylic acids is 1. The number of benzene rings is 3. The Hall–Kier alpha value is -3.48. The second-order valence-corrected chi connectivity index (χ2v) is 12.6. The van der Waals surface area contributed by atoms with Gasteiger partial charge in [-0.05, 0) is 74.0 Å². The molecule has 0 saturated heterocycles. The molecule has 2 heterocycles. The zero-order valence-electron chi connectivity index (χ0n) is 23.7. The van der Waals surface area contributed by atoms with Gasteiger partial charge in [0.2, 0.25) is 0 Å². The van der Waals surface area contributed by atoms with Crippen LogP contribution in [0.5, 0.6) is 5.75 Å². The number of hydrogen-bond donors (Lipinski definition) is 1. The topological polar surface area (TPSA) is 64.3 Å². The smallest absolute Gasteiger partial charge is 0.309 e. The molecule has 2 aromatic heterocycles. The number of carboxylic acid groups (broad SMARTS) is 1. The first-order valence-electron chi connectivity index (χ1n) is 14.0. The second-order valence-electron chi connectivity index (χ2n) is 11.0. The van der Waals surface area contributed by atoms with Crippen molar-refractivity contribution in [2.45, 2.75) is 58.1 Å². The van der Waals surface area contributed by atoms with Crippen molar-refractivity contribution in [3.8, 4) is 5.75 Å². The van der Waals surface area contributed by atoms with Crippen LogP contribution >= 0.6 is 23.4 Å². The molecule has 5 rings (SSSR count). The lowest BCUT2D eigenvalue weighted by Crippen LogP contribution is -2.27. The lowest BCUT2D eigenvalue weighted by molar-refractivity contribution is -0.146. The van der Waals surface area contributed by atoms with Gasteiger partial charge in [-0.15, -0.1) is 11.8 Å². The molecule has 0 atom stereocenters. The zero-order chi connectivity index (χ0) is 29.0. The SMILES string of the molecule is CCCCSc1c(CC(C)(C)C(=O)O)n(Cc2ccc(Cl)cc2)c2ccc(OCc3ccc4ccccc4n3)cc12. The average Bonchev–Trinajstić information content (AvgIpc) is 3.23. The first kappa shape index (κ1) is 29.0. The molecule has 3 aromatic carbocycles. The number of nitrogens with zero attached hydrogens (tertiary/aromatic N) is 2. The molecule has 0 aliphatic rings. The predicted octanol–water partition coefficient (Wildman–Crippen LogP) is 9.02. The number of para-hydroxylation sites is 1. The highest BCUT2D eigenvalue weighted by molar-refractivity contribution is 7.99. The Bertz CT molecular complexity index is 1680. The first-order valence-corrected chi connectivity index (χ1v) is 15.3. The number of rotatable bonds is 12. The van der Waals surface area contributed by atoms with Gasteiger partial charge in [-0.3, -0.25) is 4.79 Å². The van der Waals surface area contributed by atoms with Crippen LogP contribution in [0.4, 0.5) is 0 Å². The summed E-state index contributed by atoms with van der Waals surface area (Å²) in [6, 6.07) is 26.2. The van der Waals surface area contributed by atoms with Gasteiger partial charge in [0.15, 0.2) is 0 Å². The van der Waals surface area contributed by atoms with E-state index in [4.69, 9.17) is 21.3 Å². The molecule has 0 amide bonds. The lowest BCUT2D eigenvalue weighted by Gasteiger charge is -2.22. The summed E-state index contributed by atoms with van der Waals surface area (Å²) in [6.07, 6.45) is 2.59. The molecule has 1 N–H and O–H groups in total. The van der Waals surface area contributed by atoms with Crippen LogP contribution in [0.1, 0.15) is 50.6 Å². The van der Waals surface area contributed by atoms with E-state index < -0.39 is 11.4 Å². The Kier molecular flexibility index (Phi) is 8.91. The molecule has 0 unspecified atom stereocenters. The third-order valence-corrected chi connectivity index (χ3v) is 8.81. The van der Waals surface area contributed by atoms with Crippen LogP contribution < -0.4 is 4.74 Å². The van der Waals surface area contributed by atoms with Gasteiger partial charge >= 0.3 is 5.97 Å². The van der Waals surface area contributed by atoms with Crippen LogP contribution in [-0.2, 0) is 24.4 Å². The maximum atomic E-state index is 12.2. The summed E-state index contributed by atoms with van der Waals surface area (Å²) >= 11 is 7.97. The van der Waals surface area contributed by atoms with Crippen LogP contribution in [0.25, 0.3) is 21.8 Å². The zero-order valence-corrected chi connectivity index (χ0v) is 25.3. The third kappa shape index (κ3) is 6.71. The minimum atomic E-state index is -0.923. The number of ether oxygens (including phenoxy) is 1. The Morgan fingerprint density at radius 3 is 2.59 bits per heavy atom. The molecular weight excluding hydrogens is 552 g/mol. The molecule has 0 bridgehead atoms. The molecule has 0 aliphatic heterocycles. The van der Waals surface area contributed by atoms with Crippen molar-refractivity contribution in [3.05, 3.63) is 101 Å². The van der Waals surface area contributed by atoms with Crippen molar-refractivity contribution >= 4 is 51.1 Å². The quantitative estimate of drug-likeness (QED) is 0.117. The number of carbonyl (C=O) groups is 1. The van der Waals surface area contributed by atoms with Gasteiger partial charge in [-0.2, -0.15) is 0 Å². The van der Waals surface area contributed by atoms with Crippen molar-refractivity contribution in [2.24, 2.45) is 5.41 Å². The fourth-order valence-corrected chi connectivity index (χ4v) is 6.33. The molecule has 212 valence electrons. The Balaban J connectivity index is 1.55. The molecule has 5 nitrogen and oxygen atoms in total. The van der Waals surface area contributed by atoms with E-state index in [1.54, 1.807) is 13.8 Å². The third-order valence-electron chi connectivity index (χ3n) is 7.32. The van der Waals surface area contributed by atoms with E-state index in [0.29, 0.717) is 24.6 Å². The average molecular weight is 587 g/mol. The van der Waals surface area contributed by atoms with Crippen LogP contribution in [0.3, 0.4) is 0 Å². The number of fused-ring (bicyclic) bond motifs is 2. The monoisotopic (exact) mass is 586 g/mol. The molecule has 0 saturated carbocycles. The number of aromatic nitrogens is 2. The summed E-state index contributed by atoms with van der Waals surface area (Å²) < 4.78 is 8.53. The fraction of sp³-hybridized carbons (Fsp3) is 0.294. The van der Waals surface area contributed by atoms with Gasteiger partial charge in [0.25, 0.3) is 0 Å². The maximum absolute atomic E-state index is 12.2. The lowest BCUT2D eigenvalue weighted by atomic mass is 9.88. The van der Waals surface area contributed by atoms with Crippen molar-refractivity contribution in [3.63, 3.8) is 0 Å². The standard InChI is InChI=1S/C34H35ClN2O3S/c1-4-5-18-41-32-28-19-27(40-22-26-15-12-24-8-6-7-9-29(24)36-26)16-17-30(28)37(21-23-10-13-25(35)14-11-23)31(32)20-34(2,3)33(38)39/h6-17,19H,4-5,18,20-22H2,1-3H3,(H,38,39). The highest BCUT2D eigenvalue weighted by Crippen LogP contribution is 2.40. The van der Waals surface area contributed by atoms with Crippen LogP contribution in [0, 0.1) is 5.41 Å². The summed E-state index contributed by atoms with van der Waals surface area (Å²) in [5, 5.41) is 12.9. The van der Waals surface area contributed by atoms with E-state index in [-0.39, 0.29) is 0 Å². The normalized spacial score (nSPS) is 11.8. The summed E-state index contributed by atoms with van der Waals surface area (Å²) in [5.41, 5.74) is 4.10. The summed E-state index contributed by atoms with van der Waals surface area (Å²) in [5.74, 6) is 0.915. The van der Waals surface area contributed by atoms with Gasteiger partial charge in [0.1, 0.15) is 12.4 Å². The van der Waals surface area contributed by atoms with Crippen LogP contribution in [-0.4, -0.2) is 26.4 Å². The van der Waals surface area contributed by atoms with Crippen molar-refractivity contribution in [1.82, 2.24) is 9.55 Å². The van der Waals surface area contributed by atoms with E-state index in [1.165, 1.54) is 0 Å². The van der Waals surface area contributed by atoms with Crippen molar-refractivity contribution in [2.75, 3.05) is 5.75 Å². The largest absolute Gasteiger partial charge is 0.487 e. The highest BCUT2D eigenvalue weighted by Gasteiger charge is 2.31. The van der Waals surface area contributed by atoms with E-state index in [0.717, 1.165) is 68.0 Å². The molecule has 0 spiro atoms. The van der Waals surface area contributed by atoms with Gasteiger partial charge in [-0.1, -0.05) is 61.3 Å². The van der Waals surface area contributed by atoms with Crippen LogP contribution in [0.2, 0.25) is 5.02 Å². The predicted molar refractivity (Wildman–Crippen MR) is 169 cm³/mol. The molecule has 7 heteroatoms. The summed E-state index contributed by atoms with van der Waals surface area (Å²) in [6.45, 7) is 6.76. The second kappa shape index (κ2) is 12.6. The Labute approximate surface area is 250 Å². The van der Waals surface area contributed by atoms with Gasteiger partial charge in [0.05, 0.1) is 16.6 Å². The van der Waals surface area contributed by atoms with Crippen molar-refractivity contribution in [1.29, 1.82) is 0 Å².